The zero-order valence-electron chi connectivity index (χ0n) is 13.2. The number of ether oxygens (including phenoxy) is 3. The first kappa shape index (κ1) is 16.4. The highest BCUT2D eigenvalue weighted by atomic mass is 16.5. The lowest BCUT2D eigenvalue weighted by molar-refractivity contribution is -0.133. The molecule has 0 aliphatic carbocycles. The maximum atomic E-state index is 12.1. The van der Waals surface area contributed by atoms with Crippen molar-refractivity contribution in [3.63, 3.8) is 0 Å². The molecule has 23 heavy (non-hydrogen) atoms. The largest absolute Gasteiger partial charge is 0.508 e. The summed E-state index contributed by atoms with van der Waals surface area (Å²) in [6.45, 7) is 0. The maximum absolute atomic E-state index is 12.1. The number of phenolic OH excluding ortho intramolecular Hbond substituents is 1. The Labute approximate surface area is 134 Å². The summed E-state index contributed by atoms with van der Waals surface area (Å²) < 4.78 is 15.3. The molecule has 0 heterocycles. The van der Waals surface area contributed by atoms with Crippen molar-refractivity contribution >= 4 is 17.6 Å². The molecule has 1 N–H and O–H groups in total. The molecule has 5 nitrogen and oxygen atoms in total. The molecule has 5 heteroatoms. The lowest BCUT2D eigenvalue weighted by Crippen LogP contribution is -2.04. The molecule has 0 aliphatic heterocycles. The van der Waals surface area contributed by atoms with E-state index in [1.807, 2.05) is 0 Å². The molecule has 2 aromatic carbocycles. The first-order valence-corrected chi connectivity index (χ1v) is 6.90. The average Bonchev–Trinajstić information content (AvgIpc) is 2.58. The summed E-state index contributed by atoms with van der Waals surface area (Å²) in [6, 6.07) is 11.7. The van der Waals surface area contributed by atoms with Gasteiger partial charge in [-0.1, -0.05) is 12.1 Å². The number of carbonyl (C=O) groups excluding carboxylic acids is 1. The van der Waals surface area contributed by atoms with E-state index in [1.54, 1.807) is 50.6 Å². The summed E-state index contributed by atoms with van der Waals surface area (Å²) in [5, 5.41) is 9.63. The summed E-state index contributed by atoms with van der Waals surface area (Å²) in [4.78, 5) is 12.1. The van der Waals surface area contributed by atoms with Crippen LogP contribution in [0.5, 0.6) is 17.2 Å². The molecule has 0 saturated heterocycles. The molecule has 0 fully saturated rings. The van der Waals surface area contributed by atoms with E-state index in [4.69, 9.17) is 14.2 Å². The molecular formula is C18H18O5. The highest BCUT2D eigenvalue weighted by Crippen LogP contribution is 2.27. The zero-order chi connectivity index (χ0) is 16.8. The van der Waals surface area contributed by atoms with Crippen molar-refractivity contribution in [2.24, 2.45) is 0 Å². The van der Waals surface area contributed by atoms with Gasteiger partial charge in [0.25, 0.3) is 0 Å². The summed E-state index contributed by atoms with van der Waals surface area (Å²) in [7, 11) is 4.42. The second kappa shape index (κ2) is 7.35. The summed E-state index contributed by atoms with van der Waals surface area (Å²) in [6.07, 6.45) is 1.66. The predicted molar refractivity (Wildman–Crippen MR) is 87.5 cm³/mol. The molecule has 120 valence electrons. The fraction of sp³-hybridized carbons (Fsp3) is 0.167. The fourth-order valence-electron chi connectivity index (χ4n) is 2.12. The quantitative estimate of drug-likeness (QED) is 0.522. The molecule has 0 spiro atoms. The molecule has 0 radical (unpaired) electrons. The summed E-state index contributed by atoms with van der Waals surface area (Å²) in [5.74, 6) is 0.782. The number of hydrogen-bond donors (Lipinski definition) is 1. The van der Waals surface area contributed by atoms with Crippen LogP contribution in [0.3, 0.4) is 0 Å². The van der Waals surface area contributed by atoms with Gasteiger partial charge in [-0.05, 0) is 41.5 Å². The maximum Gasteiger partial charge on any atom is 0.338 e. The van der Waals surface area contributed by atoms with Crippen LogP contribution in [0.25, 0.3) is 11.6 Å². The monoisotopic (exact) mass is 314 g/mol. The van der Waals surface area contributed by atoms with Crippen molar-refractivity contribution in [3.05, 3.63) is 53.6 Å². The smallest absolute Gasteiger partial charge is 0.338 e. The Morgan fingerprint density at radius 3 is 2.17 bits per heavy atom. The van der Waals surface area contributed by atoms with Crippen LogP contribution in [0.4, 0.5) is 0 Å². The highest BCUT2D eigenvalue weighted by molar-refractivity contribution is 6.21. The van der Waals surface area contributed by atoms with E-state index in [9.17, 15) is 9.90 Å². The van der Waals surface area contributed by atoms with Crippen molar-refractivity contribution in [3.8, 4) is 17.2 Å². The standard InChI is InChI=1S/C18H18O5/c1-21-15-7-12(8-16(11-15)22-2)9-17(18(20)23-3)13-5-4-6-14(19)10-13/h4-11,19H,1-3H3/b17-9-. The Hall–Kier alpha value is -2.95. The number of carbonyl (C=O) groups is 1. The molecule has 2 rings (SSSR count). The van der Waals surface area contributed by atoms with Crippen molar-refractivity contribution in [1.82, 2.24) is 0 Å². The predicted octanol–water partition coefficient (Wildman–Crippen LogP) is 3.12. The van der Waals surface area contributed by atoms with E-state index in [1.165, 1.54) is 19.2 Å². The SMILES string of the molecule is COC(=O)/C(=C\c1cc(OC)cc(OC)c1)c1cccc(O)c1. The van der Waals surface area contributed by atoms with Gasteiger partial charge >= 0.3 is 5.97 Å². The van der Waals surface area contributed by atoms with Crippen LogP contribution in [-0.2, 0) is 9.53 Å². The number of phenols is 1. The lowest BCUT2D eigenvalue weighted by atomic mass is 10.0. The number of hydrogen-bond acceptors (Lipinski definition) is 5. The third-order valence-electron chi connectivity index (χ3n) is 3.25. The van der Waals surface area contributed by atoms with Crippen molar-refractivity contribution in [2.45, 2.75) is 0 Å². The Bertz CT molecular complexity index is 712. The minimum atomic E-state index is -0.502. The Morgan fingerprint density at radius 1 is 1.00 bits per heavy atom. The van der Waals surface area contributed by atoms with Gasteiger partial charge in [0.15, 0.2) is 0 Å². The first-order valence-electron chi connectivity index (χ1n) is 6.90. The van der Waals surface area contributed by atoms with Gasteiger partial charge in [-0.3, -0.25) is 0 Å². The Morgan fingerprint density at radius 2 is 1.65 bits per heavy atom. The van der Waals surface area contributed by atoms with Gasteiger partial charge in [0.05, 0.1) is 26.9 Å². The molecule has 0 aliphatic rings. The minimum absolute atomic E-state index is 0.0699. The zero-order valence-corrected chi connectivity index (χ0v) is 13.2. The number of esters is 1. The van der Waals surface area contributed by atoms with E-state index in [-0.39, 0.29) is 5.75 Å². The number of methoxy groups -OCH3 is 3. The third-order valence-corrected chi connectivity index (χ3v) is 3.25. The normalized spacial score (nSPS) is 11.0. The van der Waals surface area contributed by atoms with E-state index in [0.29, 0.717) is 28.2 Å². The van der Waals surface area contributed by atoms with Gasteiger partial charge in [0, 0.05) is 6.07 Å². The van der Waals surface area contributed by atoms with Gasteiger partial charge in [-0.15, -0.1) is 0 Å². The summed E-state index contributed by atoms with van der Waals surface area (Å²) in [5.41, 5.74) is 1.59. The Kier molecular flexibility index (Phi) is 5.25. The number of rotatable bonds is 5. The van der Waals surface area contributed by atoms with Gasteiger partial charge in [-0.25, -0.2) is 4.79 Å². The van der Waals surface area contributed by atoms with E-state index < -0.39 is 5.97 Å². The molecule has 0 bridgehead atoms. The van der Waals surface area contributed by atoms with Gasteiger partial charge < -0.3 is 19.3 Å². The second-order valence-corrected chi connectivity index (χ2v) is 4.75. The molecular weight excluding hydrogens is 296 g/mol. The molecule has 0 unspecified atom stereocenters. The molecule has 2 aromatic rings. The van der Waals surface area contributed by atoms with Crippen LogP contribution in [0, 0.1) is 0 Å². The van der Waals surface area contributed by atoms with E-state index in [0.717, 1.165) is 0 Å². The summed E-state index contributed by atoms with van der Waals surface area (Å²) >= 11 is 0. The van der Waals surface area contributed by atoms with E-state index in [2.05, 4.69) is 0 Å². The topological polar surface area (TPSA) is 65.0 Å². The Balaban J connectivity index is 2.55. The number of benzene rings is 2. The van der Waals surface area contributed by atoms with E-state index >= 15 is 0 Å². The highest BCUT2D eigenvalue weighted by Gasteiger charge is 2.14. The van der Waals surface area contributed by atoms with Crippen LogP contribution in [0.1, 0.15) is 11.1 Å². The van der Waals surface area contributed by atoms with Crippen molar-refractivity contribution in [1.29, 1.82) is 0 Å². The fourth-order valence-corrected chi connectivity index (χ4v) is 2.12. The average molecular weight is 314 g/mol. The molecule has 0 atom stereocenters. The minimum Gasteiger partial charge on any atom is -0.508 e. The second-order valence-electron chi connectivity index (χ2n) is 4.75. The molecule has 0 amide bonds. The first-order chi connectivity index (χ1) is 11.1. The van der Waals surface area contributed by atoms with Gasteiger partial charge in [-0.2, -0.15) is 0 Å². The third kappa shape index (κ3) is 4.03. The van der Waals surface area contributed by atoms with Crippen molar-refractivity contribution < 1.29 is 24.1 Å². The number of aromatic hydroxyl groups is 1. The molecule has 0 aromatic heterocycles. The molecule has 0 saturated carbocycles. The van der Waals surface area contributed by atoms with Crippen LogP contribution >= 0.6 is 0 Å². The van der Waals surface area contributed by atoms with Crippen LogP contribution < -0.4 is 9.47 Å². The van der Waals surface area contributed by atoms with Crippen LogP contribution in [0.2, 0.25) is 0 Å². The van der Waals surface area contributed by atoms with Crippen molar-refractivity contribution in [2.75, 3.05) is 21.3 Å². The lowest BCUT2D eigenvalue weighted by Gasteiger charge is -2.09. The van der Waals surface area contributed by atoms with Gasteiger partial charge in [0.2, 0.25) is 0 Å². The van der Waals surface area contributed by atoms with Gasteiger partial charge in [0.1, 0.15) is 17.2 Å². The van der Waals surface area contributed by atoms with Crippen LogP contribution in [0.15, 0.2) is 42.5 Å². The van der Waals surface area contributed by atoms with Crippen LogP contribution in [-0.4, -0.2) is 32.4 Å².